The summed E-state index contributed by atoms with van der Waals surface area (Å²) in [5, 5.41) is 6.40. The molecule has 0 aliphatic rings. The molecule has 1 aromatic heterocycles. The molecule has 1 N–H and O–H groups in total. The number of amides is 1. The van der Waals surface area contributed by atoms with E-state index in [4.69, 9.17) is 4.74 Å². The van der Waals surface area contributed by atoms with Crippen molar-refractivity contribution in [2.24, 2.45) is 0 Å². The van der Waals surface area contributed by atoms with Crippen LogP contribution in [-0.2, 0) is 6.18 Å². The summed E-state index contributed by atoms with van der Waals surface area (Å²) in [6, 6.07) is 11.3. The van der Waals surface area contributed by atoms with Gasteiger partial charge in [0.2, 0.25) is 0 Å². The second kappa shape index (κ2) is 7.12. The third-order valence-corrected chi connectivity index (χ3v) is 4.23. The van der Waals surface area contributed by atoms with Crippen LogP contribution in [0.4, 0.5) is 18.9 Å². The molecule has 3 rings (SSSR count). The number of benzene rings is 2. The Morgan fingerprint density at radius 2 is 1.88 bits per heavy atom. The maximum Gasteiger partial charge on any atom is 0.416 e. The van der Waals surface area contributed by atoms with Gasteiger partial charge in [0.25, 0.3) is 5.91 Å². The van der Waals surface area contributed by atoms with Gasteiger partial charge in [0.1, 0.15) is 16.3 Å². The van der Waals surface area contributed by atoms with Gasteiger partial charge in [-0.1, -0.05) is 10.6 Å². The lowest BCUT2D eigenvalue weighted by molar-refractivity contribution is -0.137. The van der Waals surface area contributed by atoms with Crippen molar-refractivity contribution >= 4 is 23.1 Å². The Kier molecular flexibility index (Phi) is 4.90. The number of alkyl halides is 3. The van der Waals surface area contributed by atoms with Gasteiger partial charge in [-0.15, -0.1) is 5.10 Å². The fourth-order valence-corrected chi connectivity index (χ4v) is 2.82. The molecule has 0 aliphatic carbocycles. The summed E-state index contributed by atoms with van der Waals surface area (Å²) in [5.74, 6) is 0.0667. The zero-order chi connectivity index (χ0) is 18.7. The van der Waals surface area contributed by atoms with Crippen LogP contribution in [-0.4, -0.2) is 22.6 Å². The highest BCUT2D eigenvalue weighted by atomic mass is 32.1. The van der Waals surface area contributed by atoms with E-state index in [1.807, 2.05) is 0 Å². The third kappa shape index (κ3) is 3.83. The fourth-order valence-electron chi connectivity index (χ4n) is 2.24. The molecule has 1 heterocycles. The van der Waals surface area contributed by atoms with Gasteiger partial charge in [-0.25, -0.2) is 0 Å². The van der Waals surface area contributed by atoms with Crippen LogP contribution >= 0.6 is 11.5 Å². The van der Waals surface area contributed by atoms with E-state index in [0.29, 0.717) is 17.0 Å². The Balaban J connectivity index is 1.84. The first-order valence-electron chi connectivity index (χ1n) is 7.34. The molecule has 134 valence electrons. The van der Waals surface area contributed by atoms with E-state index in [1.54, 1.807) is 24.3 Å². The fraction of sp³-hybridized carbons (Fsp3) is 0.118. The van der Waals surface area contributed by atoms with Crippen molar-refractivity contribution in [3.8, 4) is 17.0 Å². The predicted octanol–water partition coefficient (Wildman–Crippen LogP) is 4.48. The lowest BCUT2D eigenvalue weighted by Gasteiger charge is -2.09. The molecule has 0 saturated carbocycles. The number of ether oxygens (including phenoxy) is 1. The van der Waals surface area contributed by atoms with Crippen LogP contribution in [0.3, 0.4) is 0 Å². The smallest absolute Gasteiger partial charge is 0.416 e. The number of carbonyl (C=O) groups is 1. The van der Waals surface area contributed by atoms with Gasteiger partial charge in [-0.3, -0.25) is 4.79 Å². The van der Waals surface area contributed by atoms with E-state index in [-0.39, 0.29) is 10.6 Å². The molecule has 0 bridgehead atoms. The molecule has 0 fully saturated rings. The van der Waals surface area contributed by atoms with E-state index >= 15 is 0 Å². The summed E-state index contributed by atoms with van der Waals surface area (Å²) < 4.78 is 47.2. The second-order valence-corrected chi connectivity index (χ2v) is 5.97. The average molecular weight is 379 g/mol. The van der Waals surface area contributed by atoms with Crippen molar-refractivity contribution in [2.45, 2.75) is 6.18 Å². The summed E-state index contributed by atoms with van der Waals surface area (Å²) >= 11 is 0.865. The van der Waals surface area contributed by atoms with Crippen molar-refractivity contribution in [2.75, 3.05) is 12.4 Å². The van der Waals surface area contributed by atoms with Crippen molar-refractivity contribution in [3.05, 3.63) is 59.0 Å². The minimum absolute atomic E-state index is 0.0407. The van der Waals surface area contributed by atoms with Crippen molar-refractivity contribution < 1.29 is 22.7 Å². The lowest BCUT2D eigenvalue weighted by Crippen LogP contribution is -2.13. The summed E-state index contributed by atoms with van der Waals surface area (Å²) in [6.45, 7) is 0. The minimum atomic E-state index is -4.49. The average Bonchev–Trinajstić information content (AvgIpc) is 3.11. The molecule has 0 saturated heterocycles. The van der Waals surface area contributed by atoms with Gasteiger partial charge in [0.15, 0.2) is 0 Å². The van der Waals surface area contributed by atoms with Crippen molar-refractivity contribution in [1.82, 2.24) is 9.59 Å². The molecule has 26 heavy (non-hydrogen) atoms. The summed E-state index contributed by atoms with van der Waals surface area (Å²) in [4.78, 5) is 12.7. The Morgan fingerprint density at radius 1 is 1.15 bits per heavy atom. The van der Waals surface area contributed by atoms with Gasteiger partial charge >= 0.3 is 6.18 Å². The lowest BCUT2D eigenvalue weighted by atomic mass is 10.1. The molecule has 3 aromatic rings. The van der Waals surface area contributed by atoms with E-state index in [9.17, 15) is 18.0 Å². The van der Waals surface area contributed by atoms with E-state index in [1.165, 1.54) is 19.2 Å². The predicted molar refractivity (Wildman–Crippen MR) is 91.3 cm³/mol. The van der Waals surface area contributed by atoms with Gasteiger partial charge in [-0.2, -0.15) is 13.2 Å². The first kappa shape index (κ1) is 17.9. The number of nitrogens with zero attached hydrogens (tertiary/aromatic N) is 2. The normalized spacial score (nSPS) is 11.2. The van der Waals surface area contributed by atoms with Crippen LogP contribution in [0.1, 0.15) is 15.2 Å². The summed E-state index contributed by atoms with van der Waals surface area (Å²) in [6.07, 6.45) is -4.49. The van der Waals surface area contributed by atoms with Gasteiger partial charge in [-0.05, 0) is 54.0 Å². The SMILES string of the molecule is COc1ccc(-c2nnsc2C(=O)Nc2cccc(C(F)(F)F)c2)cc1. The number of anilines is 1. The zero-order valence-corrected chi connectivity index (χ0v) is 14.2. The van der Waals surface area contributed by atoms with Crippen LogP contribution < -0.4 is 10.1 Å². The van der Waals surface area contributed by atoms with Gasteiger partial charge < -0.3 is 10.1 Å². The maximum absolute atomic E-state index is 12.8. The first-order valence-corrected chi connectivity index (χ1v) is 8.11. The molecule has 1 amide bonds. The number of aromatic nitrogens is 2. The number of halogens is 3. The Morgan fingerprint density at radius 3 is 2.54 bits per heavy atom. The first-order chi connectivity index (χ1) is 12.4. The number of hydrogen-bond donors (Lipinski definition) is 1. The maximum atomic E-state index is 12.8. The van der Waals surface area contributed by atoms with Gasteiger partial charge in [0, 0.05) is 11.3 Å². The Hall–Kier alpha value is -2.94. The number of rotatable bonds is 4. The van der Waals surface area contributed by atoms with Crippen LogP contribution in [0.15, 0.2) is 48.5 Å². The monoisotopic (exact) mass is 379 g/mol. The molecule has 0 radical (unpaired) electrons. The molecule has 0 aliphatic heterocycles. The topological polar surface area (TPSA) is 64.1 Å². The second-order valence-electron chi connectivity index (χ2n) is 5.21. The molecule has 0 unspecified atom stereocenters. The zero-order valence-electron chi connectivity index (χ0n) is 13.4. The molecule has 0 atom stereocenters. The van der Waals surface area contributed by atoms with E-state index < -0.39 is 17.6 Å². The van der Waals surface area contributed by atoms with E-state index in [2.05, 4.69) is 14.9 Å². The highest BCUT2D eigenvalue weighted by Crippen LogP contribution is 2.31. The van der Waals surface area contributed by atoms with Crippen LogP contribution in [0.5, 0.6) is 5.75 Å². The van der Waals surface area contributed by atoms with E-state index in [0.717, 1.165) is 23.7 Å². The largest absolute Gasteiger partial charge is 0.497 e. The Labute approximate surface area is 150 Å². The summed E-state index contributed by atoms with van der Waals surface area (Å²) in [5.41, 5.74) is 0.197. The minimum Gasteiger partial charge on any atom is -0.497 e. The number of carbonyl (C=O) groups excluding carboxylic acids is 1. The molecular weight excluding hydrogens is 367 g/mol. The van der Waals surface area contributed by atoms with Crippen LogP contribution in [0, 0.1) is 0 Å². The van der Waals surface area contributed by atoms with Crippen LogP contribution in [0.2, 0.25) is 0 Å². The number of nitrogens with one attached hydrogen (secondary N) is 1. The molecular formula is C17H12F3N3O2S. The molecule has 0 spiro atoms. The number of hydrogen-bond acceptors (Lipinski definition) is 5. The highest BCUT2D eigenvalue weighted by molar-refractivity contribution is 7.08. The standard InChI is InChI=1S/C17H12F3N3O2S/c1-25-13-7-5-10(6-8-13)14-15(26-23-22-14)16(24)21-12-4-2-3-11(9-12)17(18,19)20/h2-9H,1H3,(H,21,24). The third-order valence-electron chi connectivity index (χ3n) is 3.51. The van der Waals surface area contributed by atoms with Crippen molar-refractivity contribution in [3.63, 3.8) is 0 Å². The molecule has 5 nitrogen and oxygen atoms in total. The van der Waals surface area contributed by atoms with Gasteiger partial charge in [0.05, 0.1) is 12.7 Å². The van der Waals surface area contributed by atoms with Crippen molar-refractivity contribution in [1.29, 1.82) is 0 Å². The Bertz CT molecular complexity index is 924. The number of methoxy groups -OCH3 is 1. The molecule has 9 heteroatoms. The molecule has 2 aromatic carbocycles. The van der Waals surface area contributed by atoms with Crippen LogP contribution in [0.25, 0.3) is 11.3 Å². The summed E-state index contributed by atoms with van der Waals surface area (Å²) in [7, 11) is 1.54. The highest BCUT2D eigenvalue weighted by Gasteiger charge is 2.30. The quantitative estimate of drug-likeness (QED) is 0.726.